The van der Waals surface area contributed by atoms with E-state index in [1.54, 1.807) is 4.57 Å². The Bertz CT molecular complexity index is 1480. The highest BCUT2D eigenvalue weighted by molar-refractivity contribution is 5.82. The molecule has 15 heteroatoms. The van der Waals surface area contributed by atoms with E-state index in [0.29, 0.717) is 49.7 Å². The third kappa shape index (κ3) is 11.0. The Kier molecular flexibility index (Phi) is 14.0. The fraction of sp³-hybridized carbons (Fsp3) is 0.594. The summed E-state index contributed by atoms with van der Waals surface area (Å²) in [6, 6.07) is 7.92. The van der Waals surface area contributed by atoms with Crippen LogP contribution in [0.1, 0.15) is 69.4 Å². The number of benzene rings is 1. The van der Waals surface area contributed by atoms with E-state index in [0.717, 1.165) is 70.1 Å². The van der Waals surface area contributed by atoms with Gasteiger partial charge in [-0.05, 0) is 75.1 Å². The Labute approximate surface area is 274 Å². The lowest BCUT2D eigenvalue weighted by molar-refractivity contribution is -0.126. The van der Waals surface area contributed by atoms with Crippen LogP contribution in [0.15, 0.2) is 29.1 Å². The lowest BCUT2D eigenvalue weighted by Gasteiger charge is -2.32. The molecule has 1 fully saturated rings. The fourth-order valence-electron chi connectivity index (χ4n) is 5.68. The van der Waals surface area contributed by atoms with Gasteiger partial charge in [0.25, 0.3) is 0 Å². The minimum atomic E-state index is -0.551. The van der Waals surface area contributed by atoms with Gasteiger partial charge in [-0.25, -0.2) is 10.7 Å². The molecule has 0 spiro atoms. The van der Waals surface area contributed by atoms with Crippen molar-refractivity contribution in [1.29, 1.82) is 0 Å². The highest BCUT2D eigenvalue weighted by Crippen LogP contribution is 2.22. The molecule has 1 aliphatic rings. The van der Waals surface area contributed by atoms with Crippen molar-refractivity contribution >= 4 is 28.8 Å². The van der Waals surface area contributed by atoms with Crippen LogP contribution in [-0.2, 0) is 27.5 Å². The average Bonchev–Trinajstić information content (AvgIpc) is 3.37. The van der Waals surface area contributed by atoms with E-state index in [4.69, 9.17) is 22.1 Å². The number of carbonyl (C=O) groups is 2. The molecule has 1 aromatic carbocycles. The Morgan fingerprint density at radius 2 is 1.77 bits per heavy atom. The number of unbranched alkanes of at least 4 members (excludes halogenated alkanes) is 2. The van der Waals surface area contributed by atoms with Crippen LogP contribution >= 0.6 is 0 Å². The second-order valence-corrected chi connectivity index (χ2v) is 12.2. The van der Waals surface area contributed by atoms with Crippen molar-refractivity contribution in [2.45, 2.75) is 77.4 Å². The number of amides is 2. The molecular formula is C32H50N10O5. The summed E-state index contributed by atoms with van der Waals surface area (Å²) in [5, 5.41) is 5.67. The zero-order valence-corrected chi connectivity index (χ0v) is 27.3. The third-order valence-corrected chi connectivity index (χ3v) is 8.50. The van der Waals surface area contributed by atoms with Crippen molar-refractivity contribution in [2.24, 2.45) is 17.5 Å². The summed E-state index contributed by atoms with van der Waals surface area (Å²) < 4.78 is 7.20. The summed E-state index contributed by atoms with van der Waals surface area (Å²) in [4.78, 5) is 54.6. The van der Waals surface area contributed by atoms with Crippen LogP contribution in [0, 0.1) is 5.92 Å². The number of hydrogen-bond donors (Lipinski definition) is 6. The van der Waals surface area contributed by atoms with E-state index in [1.165, 1.54) is 5.56 Å². The van der Waals surface area contributed by atoms with Gasteiger partial charge in [-0.1, -0.05) is 37.6 Å². The molecule has 1 atom stereocenters. The number of aromatic amines is 1. The molecule has 1 aliphatic heterocycles. The summed E-state index contributed by atoms with van der Waals surface area (Å²) in [6.07, 6.45) is 7.00. The van der Waals surface area contributed by atoms with Gasteiger partial charge < -0.3 is 31.8 Å². The Morgan fingerprint density at radius 1 is 1.04 bits per heavy atom. The smallest absolute Gasteiger partial charge is 0.328 e. The molecule has 3 heterocycles. The van der Waals surface area contributed by atoms with Crippen LogP contribution in [0.25, 0.3) is 11.2 Å². The van der Waals surface area contributed by atoms with Crippen LogP contribution in [0.2, 0.25) is 0 Å². The quantitative estimate of drug-likeness (QED) is 0.0795. The number of nitrogens with two attached hydrogens (primary N) is 3. The minimum Gasteiger partial charge on any atom is -0.463 e. The van der Waals surface area contributed by atoms with Crippen LogP contribution in [0.5, 0.6) is 6.01 Å². The predicted molar refractivity (Wildman–Crippen MR) is 179 cm³/mol. The zero-order valence-electron chi connectivity index (χ0n) is 27.3. The Morgan fingerprint density at radius 3 is 2.47 bits per heavy atom. The first-order valence-corrected chi connectivity index (χ1v) is 16.6. The maximum absolute atomic E-state index is 12.7. The van der Waals surface area contributed by atoms with E-state index in [9.17, 15) is 14.4 Å². The highest BCUT2D eigenvalue weighted by atomic mass is 16.6. The number of nitrogens with zero attached hydrogens (tertiary/aromatic N) is 4. The molecule has 1 saturated heterocycles. The number of likely N-dealkylation sites (tertiary alicyclic amines) is 1. The third-order valence-electron chi connectivity index (χ3n) is 8.50. The number of H-pyrrole nitrogens is 1. The first-order valence-electron chi connectivity index (χ1n) is 16.6. The molecule has 0 unspecified atom stereocenters. The lowest BCUT2D eigenvalue weighted by Crippen LogP contribution is -2.42. The van der Waals surface area contributed by atoms with Crippen molar-refractivity contribution < 1.29 is 19.2 Å². The van der Waals surface area contributed by atoms with Gasteiger partial charge in [-0.3, -0.25) is 23.9 Å². The number of aromatic nitrogens is 4. The molecule has 0 aliphatic carbocycles. The minimum absolute atomic E-state index is 0.125. The van der Waals surface area contributed by atoms with Gasteiger partial charge in [0.2, 0.25) is 11.8 Å². The standard InChI is InChI=1S/C32H50N10O5/c1-2-3-18-46-31-39-28(34)27-29(40-31)42(32(45)38-27)20-24-9-7-23(8-10-24)19-41-16-12-22(13-17-41)11-15-37-30(44)25(33)6-4-5-14-36-26(43)21-47-35/h7-10,22,25H,2-6,11-21,33,35H2,1H3,(H,36,43)(H,37,44)(H,38,45)(H2,34,39,40)/t25-/m0/s1. The molecular weight excluding hydrogens is 604 g/mol. The SMILES string of the molecule is CCCCOc1nc(N)c2[nH]c(=O)n(Cc3ccc(CN4CCC(CCNC(=O)[C@@H](N)CCCCNC(=O)CON)CC4)cc3)c2n1. The van der Waals surface area contributed by atoms with Gasteiger partial charge in [0, 0.05) is 19.6 Å². The van der Waals surface area contributed by atoms with Gasteiger partial charge in [0.05, 0.1) is 19.2 Å². The number of hydrogen-bond acceptors (Lipinski definition) is 11. The average molecular weight is 655 g/mol. The number of imidazole rings is 1. The number of nitrogen functional groups attached to an aromatic ring is 1. The van der Waals surface area contributed by atoms with Crippen LogP contribution in [-0.4, -0.2) is 81.7 Å². The first kappa shape index (κ1) is 35.8. The number of piperidine rings is 1. The van der Waals surface area contributed by atoms with E-state index < -0.39 is 6.04 Å². The predicted octanol–water partition coefficient (Wildman–Crippen LogP) is 1.15. The van der Waals surface area contributed by atoms with E-state index >= 15 is 0 Å². The molecule has 0 saturated carbocycles. The molecule has 4 rings (SSSR count). The van der Waals surface area contributed by atoms with Gasteiger partial charge >= 0.3 is 11.7 Å². The molecule has 0 bridgehead atoms. The second-order valence-electron chi connectivity index (χ2n) is 12.2. The molecule has 47 heavy (non-hydrogen) atoms. The maximum atomic E-state index is 12.7. The Hall–Kier alpha value is -4.05. The first-order chi connectivity index (χ1) is 22.8. The normalized spacial score (nSPS) is 14.7. The summed E-state index contributed by atoms with van der Waals surface area (Å²) >= 11 is 0. The molecule has 3 aromatic rings. The number of carbonyl (C=O) groups excluding carboxylic acids is 2. The molecule has 258 valence electrons. The van der Waals surface area contributed by atoms with Gasteiger partial charge in [-0.15, -0.1) is 0 Å². The summed E-state index contributed by atoms with van der Waals surface area (Å²) in [5.74, 6) is 5.23. The number of rotatable bonds is 19. The summed E-state index contributed by atoms with van der Waals surface area (Å²) in [7, 11) is 0. The molecule has 0 radical (unpaired) electrons. The van der Waals surface area contributed by atoms with E-state index in [2.05, 4.69) is 54.4 Å². The zero-order chi connectivity index (χ0) is 33.6. The van der Waals surface area contributed by atoms with E-state index in [1.807, 2.05) is 12.1 Å². The van der Waals surface area contributed by atoms with Crippen LogP contribution in [0.4, 0.5) is 5.82 Å². The van der Waals surface area contributed by atoms with Gasteiger partial charge in [-0.2, -0.15) is 9.97 Å². The van der Waals surface area contributed by atoms with E-state index in [-0.39, 0.29) is 35.9 Å². The second kappa shape index (κ2) is 18.3. The number of nitrogens with one attached hydrogen (secondary N) is 3. The van der Waals surface area contributed by atoms with Crippen LogP contribution < -0.4 is 38.4 Å². The van der Waals surface area contributed by atoms with Crippen molar-refractivity contribution in [1.82, 2.24) is 35.1 Å². The molecule has 2 aromatic heterocycles. The monoisotopic (exact) mass is 654 g/mol. The highest BCUT2D eigenvalue weighted by Gasteiger charge is 2.20. The fourth-order valence-corrected chi connectivity index (χ4v) is 5.68. The van der Waals surface area contributed by atoms with Crippen molar-refractivity contribution in [2.75, 3.05) is 45.1 Å². The summed E-state index contributed by atoms with van der Waals surface area (Å²) in [5.41, 5.74) is 14.9. The molecule has 2 amide bonds. The molecule has 9 N–H and O–H groups in total. The topological polar surface area (TPSA) is 222 Å². The van der Waals surface area contributed by atoms with Crippen molar-refractivity contribution in [3.05, 3.63) is 45.9 Å². The number of ether oxygens (including phenoxy) is 1. The number of anilines is 1. The van der Waals surface area contributed by atoms with Crippen molar-refractivity contribution in [3.63, 3.8) is 0 Å². The lowest BCUT2D eigenvalue weighted by atomic mass is 9.93. The summed E-state index contributed by atoms with van der Waals surface area (Å²) in [6.45, 7) is 6.73. The maximum Gasteiger partial charge on any atom is 0.328 e. The largest absolute Gasteiger partial charge is 0.463 e. The Balaban J connectivity index is 1.15. The van der Waals surface area contributed by atoms with Crippen molar-refractivity contribution in [3.8, 4) is 6.01 Å². The van der Waals surface area contributed by atoms with Gasteiger partial charge in [0.1, 0.15) is 12.1 Å². The number of fused-ring (bicyclic) bond motifs is 1. The van der Waals surface area contributed by atoms with Gasteiger partial charge in [0.15, 0.2) is 11.5 Å². The molecule has 15 nitrogen and oxygen atoms in total. The van der Waals surface area contributed by atoms with Crippen LogP contribution in [0.3, 0.4) is 0 Å².